The number of benzene rings is 2. The average molecular weight is 352 g/mol. The molecule has 0 saturated carbocycles. The van der Waals surface area contributed by atoms with E-state index in [9.17, 15) is 5.26 Å². The molecule has 3 unspecified atom stereocenters. The van der Waals surface area contributed by atoms with Crippen molar-refractivity contribution in [2.24, 2.45) is 5.92 Å². The Labute approximate surface area is 161 Å². The molecule has 0 amide bonds. The molecule has 0 aromatic heterocycles. The minimum absolute atomic E-state index is 0.0959. The van der Waals surface area contributed by atoms with Crippen LogP contribution in [0.4, 0.5) is 0 Å². The predicted molar refractivity (Wildman–Crippen MR) is 109 cm³/mol. The van der Waals surface area contributed by atoms with Gasteiger partial charge in [-0.1, -0.05) is 60.2 Å². The fourth-order valence-corrected chi connectivity index (χ4v) is 5.34. The molecule has 0 saturated heterocycles. The monoisotopic (exact) mass is 352 g/mol. The van der Waals surface area contributed by atoms with E-state index in [0.717, 1.165) is 19.4 Å². The van der Waals surface area contributed by atoms with Gasteiger partial charge < -0.3 is 0 Å². The third-order valence-corrected chi connectivity index (χ3v) is 6.67. The summed E-state index contributed by atoms with van der Waals surface area (Å²) in [6.45, 7) is 3.29. The second-order valence-corrected chi connectivity index (χ2v) is 8.14. The number of hydrogen-bond donors (Lipinski definition) is 0. The highest BCUT2D eigenvalue weighted by Crippen LogP contribution is 2.49. The molecule has 2 aliphatic carbocycles. The van der Waals surface area contributed by atoms with Crippen LogP contribution in [0.15, 0.2) is 60.2 Å². The highest BCUT2D eigenvalue weighted by Gasteiger charge is 2.35. The van der Waals surface area contributed by atoms with E-state index in [-0.39, 0.29) is 11.8 Å². The van der Waals surface area contributed by atoms with Crippen LogP contribution in [0.2, 0.25) is 0 Å². The van der Waals surface area contributed by atoms with Gasteiger partial charge in [0.15, 0.2) is 0 Å². The Hall–Kier alpha value is -2.63. The lowest BCUT2D eigenvalue weighted by Gasteiger charge is -2.41. The molecule has 0 N–H and O–H groups in total. The number of allylic oxidation sites excluding steroid dienone is 4. The molecule has 27 heavy (non-hydrogen) atoms. The van der Waals surface area contributed by atoms with Crippen LogP contribution < -0.4 is 0 Å². The Morgan fingerprint density at radius 1 is 1.11 bits per heavy atom. The van der Waals surface area contributed by atoms with Crippen LogP contribution in [0.5, 0.6) is 0 Å². The van der Waals surface area contributed by atoms with Crippen LogP contribution in [-0.4, -0.2) is 18.5 Å². The highest BCUT2D eigenvalue weighted by atomic mass is 15.1. The molecule has 134 valence electrons. The number of fused-ring (bicyclic) bond motifs is 2. The van der Waals surface area contributed by atoms with Crippen molar-refractivity contribution in [2.45, 2.75) is 31.7 Å². The summed E-state index contributed by atoms with van der Waals surface area (Å²) in [6.07, 6.45) is 8.44. The van der Waals surface area contributed by atoms with Crippen molar-refractivity contribution in [3.8, 4) is 17.2 Å². The van der Waals surface area contributed by atoms with Crippen molar-refractivity contribution in [2.75, 3.05) is 13.6 Å². The molecule has 0 spiro atoms. The van der Waals surface area contributed by atoms with E-state index in [0.29, 0.717) is 6.04 Å². The van der Waals surface area contributed by atoms with Gasteiger partial charge in [0.1, 0.15) is 0 Å². The van der Waals surface area contributed by atoms with Gasteiger partial charge in [-0.3, -0.25) is 4.90 Å². The number of nitrogens with zero attached hydrogens (tertiary/aromatic N) is 2. The Morgan fingerprint density at radius 3 is 2.78 bits per heavy atom. The summed E-state index contributed by atoms with van der Waals surface area (Å²) in [7, 11) is 2.25. The van der Waals surface area contributed by atoms with Crippen molar-refractivity contribution in [1.82, 2.24) is 4.90 Å². The van der Waals surface area contributed by atoms with E-state index in [1.807, 2.05) is 6.08 Å². The molecule has 2 nitrogen and oxygen atoms in total. The summed E-state index contributed by atoms with van der Waals surface area (Å²) in [5.74, 6) is 0.0464. The first kappa shape index (κ1) is 16.5. The van der Waals surface area contributed by atoms with Crippen LogP contribution in [0.25, 0.3) is 11.1 Å². The summed E-state index contributed by atoms with van der Waals surface area (Å²) < 4.78 is 0. The third kappa shape index (κ3) is 2.42. The van der Waals surface area contributed by atoms with Gasteiger partial charge in [-0.05, 0) is 60.2 Å². The number of rotatable bonds is 1. The molecule has 3 aliphatic rings. The second kappa shape index (κ2) is 6.22. The number of hydrogen-bond acceptors (Lipinski definition) is 2. The van der Waals surface area contributed by atoms with Crippen LogP contribution in [-0.2, 0) is 12.8 Å². The fourth-order valence-electron chi connectivity index (χ4n) is 5.34. The van der Waals surface area contributed by atoms with E-state index in [2.05, 4.69) is 73.5 Å². The molecule has 3 atom stereocenters. The zero-order valence-corrected chi connectivity index (χ0v) is 15.9. The molecule has 0 fully saturated rings. The Kier molecular flexibility index (Phi) is 3.81. The summed E-state index contributed by atoms with van der Waals surface area (Å²) in [5.41, 5.74) is 9.82. The highest BCUT2D eigenvalue weighted by molar-refractivity contribution is 5.79. The normalized spacial score (nSPS) is 26.0. The first-order valence-electron chi connectivity index (χ1n) is 9.88. The standard InChI is InChI=1S/C25H24N2/c1-16-6-3-9-19(15-26)23(16)20-10-5-8-18-14-22-25-17(12-13-27(22)2)7-4-11-21(25)24(18)20/h3-11,19,22-23H,12-14H2,1-2H3. The van der Waals surface area contributed by atoms with Crippen molar-refractivity contribution < 1.29 is 0 Å². The molecule has 2 aromatic rings. The lowest BCUT2D eigenvalue weighted by atomic mass is 9.70. The SMILES string of the molecule is CC1=CC=CC(C#N)C1c1cccc2c1-c1cccc3c1C(C2)N(C)CC3. The van der Waals surface area contributed by atoms with Crippen molar-refractivity contribution >= 4 is 0 Å². The zero-order chi connectivity index (χ0) is 18.5. The van der Waals surface area contributed by atoms with Gasteiger partial charge in [0.2, 0.25) is 0 Å². The van der Waals surface area contributed by atoms with Crippen LogP contribution >= 0.6 is 0 Å². The molecule has 2 aromatic carbocycles. The zero-order valence-electron chi connectivity index (χ0n) is 15.9. The minimum Gasteiger partial charge on any atom is -0.299 e. The van der Waals surface area contributed by atoms with E-state index in [1.165, 1.54) is 39.0 Å². The van der Waals surface area contributed by atoms with Crippen LogP contribution in [0.3, 0.4) is 0 Å². The maximum Gasteiger partial charge on any atom is 0.0752 e. The van der Waals surface area contributed by atoms with Crippen LogP contribution in [0, 0.1) is 17.2 Å². The lowest BCUT2D eigenvalue weighted by Crippen LogP contribution is -2.35. The Bertz CT molecular complexity index is 1020. The lowest BCUT2D eigenvalue weighted by molar-refractivity contribution is 0.228. The van der Waals surface area contributed by atoms with E-state index in [1.54, 1.807) is 0 Å². The van der Waals surface area contributed by atoms with E-state index in [4.69, 9.17) is 0 Å². The first-order valence-corrected chi connectivity index (χ1v) is 9.88. The Balaban J connectivity index is 1.75. The topological polar surface area (TPSA) is 27.0 Å². The smallest absolute Gasteiger partial charge is 0.0752 e. The third-order valence-electron chi connectivity index (χ3n) is 6.67. The van der Waals surface area contributed by atoms with Gasteiger partial charge in [-0.2, -0.15) is 5.26 Å². The molecule has 0 radical (unpaired) electrons. The van der Waals surface area contributed by atoms with Crippen molar-refractivity contribution in [1.29, 1.82) is 5.26 Å². The minimum atomic E-state index is -0.0959. The van der Waals surface area contributed by atoms with Crippen molar-refractivity contribution in [3.63, 3.8) is 0 Å². The van der Waals surface area contributed by atoms with E-state index < -0.39 is 0 Å². The van der Waals surface area contributed by atoms with Gasteiger partial charge in [0.25, 0.3) is 0 Å². The number of nitriles is 1. The largest absolute Gasteiger partial charge is 0.299 e. The molecule has 5 rings (SSSR count). The summed E-state index contributed by atoms with van der Waals surface area (Å²) in [6, 6.07) is 16.5. The summed E-state index contributed by atoms with van der Waals surface area (Å²) >= 11 is 0. The summed E-state index contributed by atoms with van der Waals surface area (Å²) in [5, 5.41) is 9.77. The van der Waals surface area contributed by atoms with Crippen molar-refractivity contribution in [3.05, 3.63) is 82.5 Å². The molecule has 1 aliphatic heterocycles. The quantitative estimate of drug-likeness (QED) is 0.707. The maximum absolute atomic E-state index is 9.77. The Morgan fingerprint density at radius 2 is 1.93 bits per heavy atom. The van der Waals surface area contributed by atoms with Gasteiger partial charge in [0.05, 0.1) is 12.0 Å². The van der Waals surface area contributed by atoms with Gasteiger partial charge >= 0.3 is 0 Å². The van der Waals surface area contributed by atoms with E-state index >= 15 is 0 Å². The van der Waals surface area contributed by atoms with Gasteiger partial charge in [0, 0.05) is 18.5 Å². The summed E-state index contributed by atoms with van der Waals surface area (Å²) in [4.78, 5) is 2.51. The molecule has 0 bridgehead atoms. The maximum atomic E-state index is 9.77. The number of likely N-dealkylation sites (N-methyl/N-ethyl adjacent to an activating group) is 1. The van der Waals surface area contributed by atoms with Gasteiger partial charge in [-0.15, -0.1) is 0 Å². The first-order chi connectivity index (χ1) is 13.2. The van der Waals surface area contributed by atoms with Gasteiger partial charge in [-0.25, -0.2) is 0 Å². The second-order valence-electron chi connectivity index (χ2n) is 8.14. The molecule has 2 heteroatoms. The van der Waals surface area contributed by atoms with Crippen LogP contribution in [0.1, 0.15) is 41.1 Å². The average Bonchev–Trinajstić information content (AvgIpc) is 2.70. The molecule has 1 heterocycles. The fraction of sp³-hybridized carbons (Fsp3) is 0.320. The molecular formula is C25H24N2. The molecular weight excluding hydrogens is 328 g/mol. The predicted octanol–water partition coefficient (Wildman–Crippen LogP) is 5.18.